The number of fused-ring (bicyclic) bond motifs is 2. The first kappa shape index (κ1) is 20.9. The van der Waals surface area contributed by atoms with E-state index in [1.165, 1.54) is 6.07 Å². The zero-order chi connectivity index (χ0) is 22.5. The summed E-state index contributed by atoms with van der Waals surface area (Å²) >= 11 is 0. The third kappa shape index (κ3) is 3.97. The number of benzene rings is 2. The molecule has 0 bridgehead atoms. The van der Waals surface area contributed by atoms with Crippen LogP contribution < -0.4 is 15.2 Å². The van der Waals surface area contributed by atoms with E-state index in [-0.39, 0.29) is 23.4 Å². The van der Waals surface area contributed by atoms with E-state index in [2.05, 4.69) is 9.88 Å². The molecule has 1 fully saturated rings. The minimum Gasteiger partial charge on any atom is -0.486 e. The van der Waals surface area contributed by atoms with E-state index in [1.54, 1.807) is 4.57 Å². The average molecular weight is 447 g/mol. The number of aromatic amines is 1. The molecule has 0 spiro atoms. The Morgan fingerprint density at radius 2 is 1.88 bits per heavy atom. The lowest BCUT2D eigenvalue weighted by Crippen LogP contribution is -2.45. The Morgan fingerprint density at radius 1 is 1.09 bits per heavy atom. The molecule has 0 aliphatic carbocycles. The number of nitrogens with one attached hydrogen (secondary N) is 1. The molecule has 0 saturated carbocycles. The number of piperidine rings is 1. The Balaban J connectivity index is 1.25. The number of ether oxygens (including phenoxy) is 2. The van der Waals surface area contributed by atoms with Gasteiger partial charge in [0.05, 0.1) is 16.6 Å². The van der Waals surface area contributed by atoms with E-state index in [9.17, 15) is 18.0 Å². The highest BCUT2D eigenvalue weighted by Crippen LogP contribution is 2.34. The summed E-state index contributed by atoms with van der Waals surface area (Å²) in [5.74, 6) is 1.53. The van der Waals surface area contributed by atoms with Crippen LogP contribution in [0.15, 0.2) is 41.2 Å². The number of halogens is 3. The number of aromatic nitrogens is 2. The predicted molar refractivity (Wildman–Crippen MR) is 113 cm³/mol. The quantitative estimate of drug-likeness (QED) is 0.656. The zero-order valence-corrected chi connectivity index (χ0v) is 17.6. The maximum atomic E-state index is 13.0. The largest absolute Gasteiger partial charge is 0.486 e. The van der Waals surface area contributed by atoms with Crippen molar-refractivity contribution in [1.29, 1.82) is 0 Å². The van der Waals surface area contributed by atoms with Gasteiger partial charge >= 0.3 is 11.9 Å². The molecule has 6 nitrogen and oxygen atoms in total. The van der Waals surface area contributed by atoms with Crippen LogP contribution >= 0.6 is 0 Å². The summed E-state index contributed by atoms with van der Waals surface area (Å²) in [4.78, 5) is 17.4. The summed E-state index contributed by atoms with van der Waals surface area (Å²) in [6.07, 6.45) is -3.05. The predicted octanol–water partition coefficient (Wildman–Crippen LogP) is 4.13. The molecular formula is C23H24F3N3O3. The highest BCUT2D eigenvalue weighted by atomic mass is 19.4. The van der Waals surface area contributed by atoms with Gasteiger partial charge in [0.2, 0.25) is 0 Å². The van der Waals surface area contributed by atoms with Gasteiger partial charge in [-0.25, -0.2) is 4.79 Å². The second-order valence-corrected chi connectivity index (χ2v) is 8.56. The maximum absolute atomic E-state index is 13.0. The van der Waals surface area contributed by atoms with Crippen LogP contribution in [0, 0.1) is 6.92 Å². The van der Waals surface area contributed by atoms with E-state index < -0.39 is 11.7 Å². The highest BCUT2D eigenvalue weighted by molar-refractivity contribution is 5.76. The smallest absolute Gasteiger partial charge is 0.416 e. The van der Waals surface area contributed by atoms with Gasteiger partial charge in [0, 0.05) is 25.7 Å². The van der Waals surface area contributed by atoms with Gasteiger partial charge in [0.15, 0.2) is 11.5 Å². The van der Waals surface area contributed by atoms with E-state index >= 15 is 0 Å². The number of hydrogen-bond acceptors (Lipinski definition) is 4. The number of hydrogen-bond donors (Lipinski definition) is 1. The molecule has 5 rings (SSSR count). The van der Waals surface area contributed by atoms with Crippen molar-refractivity contribution in [2.45, 2.75) is 38.1 Å². The monoisotopic (exact) mass is 447 g/mol. The molecule has 1 unspecified atom stereocenters. The van der Waals surface area contributed by atoms with Gasteiger partial charge in [-0.2, -0.15) is 13.2 Å². The van der Waals surface area contributed by atoms with Crippen molar-refractivity contribution < 1.29 is 22.6 Å². The molecule has 0 amide bonds. The van der Waals surface area contributed by atoms with Crippen molar-refractivity contribution in [1.82, 2.24) is 14.5 Å². The number of aryl methyl sites for hydroxylation is 1. The van der Waals surface area contributed by atoms with Crippen molar-refractivity contribution in [2.75, 3.05) is 26.2 Å². The highest BCUT2D eigenvalue weighted by Gasteiger charge is 2.32. The summed E-state index contributed by atoms with van der Waals surface area (Å²) in [6.45, 7) is 4.75. The average Bonchev–Trinajstić information content (AvgIpc) is 3.08. The topological polar surface area (TPSA) is 59.5 Å². The Bertz CT molecular complexity index is 1190. The van der Waals surface area contributed by atoms with E-state index in [0.717, 1.165) is 61.7 Å². The Labute approximate surface area is 182 Å². The number of imidazole rings is 1. The third-order valence-electron chi connectivity index (χ3n) is 6.25. The molecule has 2 aliphatic rings. The van der Waals surface area contributed by atoms with Gasteiger partial charge < -0.3 is 14.5 Å². The lowest BCUT2D eigenvalue weighted by molar-refractivity contribution is -0.137. The first-order valence-electron chi connectivity index (χ1n) is 10.7. The molecule has 170 valence electrons. The van der Waals surface area contributed by atoms with Crippen molar-refractivity contribution in [3.8, 4) is 11.5 Å². The van der Waals surface area contributed by atoms with Crippen molar-refractivity contribution in [3.63, 3.8) is 0 Å². The zero-order valence-electron chi connectivity index (χ0n) is 17.6. The number of nitrogens with zero attached hydrogens (tertiary/aromatic N) is 2. The van der Waals surface area contributed by atoms with E-state index in [0.29, 0.717) is 12.1 Å². The van der Waals surface area contributed by atoms with Crippen LogP contribution in [0.5, 0.6) is 11.5 Å². The lowest BCUT2D eigenvalue weighted by atomic mass is 10.0. The molecule has 2 aliphatic heterocycles. The summed E-state index contributed by atoms with van der Waals surface area (Å²) < 4.78 is 52.5. The first-order chi connectivity index (χ1) is 15.3. The summed E-state index contributed by atoms with van der Waals surface area (Å²) in [5.41, 5.74) is 0.709. The molecule has 0 radical (unpaired) electrons. The molecule has 32 heavy (non-hydrogen) atoms. The summed E-state index contributed by atoms with van der Waals surface area (Å²) in [5, 5.41) is 0. The molecule has 3 aromatic rings. The molecule has 3 heterocycles. The van der Waals surface area contributed by atoms with Crippen molar-refractivity contribution in [2.24, 2.45) is 0 Å². The van der Waals surface area contributed by atoms with Crippen LogP contribution in [0.3, 0.4) is 0 Å². The number of rotatable bonds is 3. The van der Waals surface area contributed by atoms with E-state index in [4.69, 9.17) is 9.47 Å². The van der Waals surface area contributed by atoms with Crippen LogP contribution in [0.25, 0.3) is 11.0 Å². The molecule has 1 atom stereocenters. The van der Waals surface area contributed by atoms with Crippen LogP contribution in [0.4, 0.5) is 13.2 Å². The molecule has 9 heteroatoms. The SMILES string of the molecule is Cc1ccc2c(c1)OC(CN1CCC(n3c(=O)[nH]c4cc(C(F)(F)F)ccc43)CC1)CO2. The molecule has 1 N–H and O–H groups in total. The Kier molecular flexibility index (Phi) is 5.16. The lowest BCUT2D eigenvalue weighted by Gasteiger charge is -2.36. The number of alkyl halides is 3. The second-order valence-electron chi connectivity index (χ2n) is 8.56. The second kappa shape index (κ2) is 7.88. The van der Waals surface area contributed by atoms with Gasteiger partial charge in [0.1, 0.15) is 12.7 Å². The van der Waals surface area contributed by atoms with Crippen LogP contribution in [0.2, 0.25) is 0 Å². The number of H-pyrrole nitrogens is 1. The minimum absolute atomic E-state index is 0.0591. The Hall–Kier alpha value is -2.94. The van der Waals surface area contributed by atoms with Crippen LogP contribution in [-0.4, -0.2) is 46.8 Å². The fraction of sp³-hybridized carbons (Fsp3) is 0.435. The molecule has 1 saturated heterocycles. The van der Waals surface area contributed by atoms with Gasteiger partial charge in [-0.05, 0) is 55.7 Å². The van der Waals surface area contributed by atoms with Gasteiger partial charge in [-0.15, -0.1) is 0 Å². The summed E-state index contributed by atoms with van der Waals surface area (Å²) in [7, 11) is 0. The first-order valence-corrected chi connectivity index (χ1v) is 10.7. The molecule has 2 aromatic carbocycles. The van der Waals surface area contributed by atoms with Crippen molar-refractivity contribution >= 4 is 11.0 Å². The van der Waals surface area contributed by atoms with Crippen molar-refractivity contribution in [3.05, 3.63) is 58.0 Å². The third-order valence-corrected chi connectivity index (χ3v) is 6.25. The summed E-state index contributed by atoms with van der Waals surface area (Å²) in [6, 6.07) is 9.24. The molecular weight excluding hydrogens is 423 g/mol. The van der Waals surface area contributed by atoms with Gasteiger partial charge in [-0.1, -0.05) is 6.07 Å². The fourth-order valence-electron chi connectivity index (χ4n) is 4.63. The standard InChI is InChI=1S/C23H24F3N3O3/c1-14-2-5-20-21(10-14)32-17(13-31-20)12-28-8-6-16(7-9-28)29-19-4-3-15(23(24,25)26)11-18(19)27-22(29)30/h2-5,10-11,16-17H,6-9,12-13H2,1H3,(H,27,30). The van der Waals surface area contributed by atoms with E-state index in [1.807, 2.05) is 25.1 Å². The van der Waals surface area contributed by atoms with Gasteiger partial charge in [-0.3, -0.25) is 9.47 Å². The molecule has 1 aromatic heterocycles. The Morgan fingerprint density at radius 3 is 2.62 bits per heavy atom. The number of likely N-dealkylation sites (tertiary alicyclic amines) is 1. The minimum atomic E-state index is -4.44. The van der Waals surface area contributed by atoms with Gasteiger partial charge in [0.25, 0.3) is 0 Å². The normalized spacial score (nSPS) is 20.1. The fourth-order valence-corrected chi connectivity index (χ4v) is 4.63. The van der Waals surface area contributed by atoms with Crippen LogP contribution in [0.1, 0.15) is 30.0 Å². The maximum Gasteiger partial charge on any atom is 0.416 e. The van der Waals surface area contributed by atoms with Crippen LogP contribution in [-0.2, 0) is 6.18 Å².